The Bertz CT molecular complexity index is 385. The molecule has 118 valence electrons. The average molecular weight is 412 g/mol. The topological polar surface area (TPSA) is 9.23 Å². The second-order valence-corrected chi connectivity index (χ2v) is 32.4. The van der Waals surface area contributed by atoms with Crippen LogP contribution in [-0.2, 0) is 4.74 Å². The van der Waals surface area contributed by atoms with Crippen molar-refractivity contribution >= 4 is 53.8 Å². The van der Waals surface area contributed by atoms with Crippen molar-refractivity contribution in [2.24, 2.45) is 0 Å². The van der Waals surface area contributed by atoms with Crippen LogP contribution < -0.4 is 0 Å². The third kappa shape index (κ3) is 6.82. The molecule has 0 saturated heterocycles. The van der Waals surface area contributed by atoms with E-state index in [1.54, 1.807) is 4.54 Å². The van der Waals surface area contributed by atoms with Gasteiger partial charge in [-0.1, -0.05) is 0 Å². The van der Waals surface area contributed by atoms with Crippen LogP contribution in [0.1, 0.15) is 6.92 Å². The van der Waals surface area contributed by atoms with Crippen LogP contribution in [0.5, 0.6) is 0 Å². The fourth-order valence-corrected chi connectivity index (χ4v) is 22.7. The first kappa shape index (κ1) is 21.0. The first-order valence-corrected chi connectivity index (χ1v) is 23.0. The molecule has 0 aliphatic heterocycles. The zero-order valence-electron chi connectivity index (χ0n) is 14.9. The molecule has 1 nitrogen and oxygen atoms in total. The van der Waals surface area contributed by atoms with E-state index >= 15 is 0 Å². The van der Waals surface area contributed by atoms with Crippen LogP contribution in [0.2, 0.25) is 56.6 Å². The first-order valence-electron chi connectivity index (χ1n) is 7.34. The van der Waals surface area contributed by atoms with E-state index in [-0.39, 0.29) is 0 Å². The predicted octanol–water partition coefficient (Wildman–Crippen LogP) is 6.18. The predicted molar refractivity (Wildman–Crippen MR) is 106 cm³/mol. The molecule has 0 spiro atoms. The van der Waals surface area contributed by atoms with Gasteiger partial charge < -0.3 is 0 Å². The van der Waals surface area contributed by atoms with Crippen molar-refractivity contribution in [1.82, 2.24) is 0 Å². The molecule has 0 unspecified atom stereocenters. The van der Waals surface area contributed by atoms with Gasteiger partial charge in [-0.05, 0) is 0 Å². The van der Waals surface area contributed by atoms with E-state index in [1.165, 1.54) is 12.4 Å². The van der Waals surface area contributed by atoms with Crippen LogP contribution in [0.4, 0.5) is 0 Å². The van der Waals surface area contributed by atoms with Gasteiger partial charge in [0, 0.05) is 0 Å². The first-order chi connectivity index (χ1) is 8.71. The normalized spacial score (nSPS) is 15.2. The maximum absolute atomic E-state index is 6.49. The van der Waals surface area contributed by atoms with E-state index < -0.39 is 29.4 Å². The maximum atomic E-state index is 6.49. The molecule has 0 heterocycles. The zero-order valence-corrected chi connectivity index (χ0v) is 20.7. The Morgan fingerprint density at radius 2 is 1.40 bits per heavy atom. The van der Waals surface area contributed by atoms with Gasteiger partial charge in [-0.25, -0.2) is 0 Å². The molecule has 0 N–H and O–H groups in total. The molecule has 0 saturated carbocycles. The fraction of sp³-hybridized carbons (Fsp3) is 0.786. The molecular formula is C14H32ClGeOPSi2. The van der Waals surface area contributed by atoms with Gasteiger partial charge in [0.2, 0.25) is 0 Å². The molecule has 0 fully saturated rings. The van der Waals surface area contributed by atoms with Crippen molar-refractivity contribution in [1.29, 1.82) is 0 Å². The molecular weight excluding hydrogens is 379 g/mol. The zero-order chi connectivity index (χ0) is 16.4. The van der Waals surface area contributed by atoms with Crippen LogP contribution >= 0.6 is 19.8 Å². The van der Waals surface area contributed by atoms with E-state index in [2.05, 4.69) is 56.6 Å². The molecule has 0 aliphatic carbocycles. The van der Waals surface area contributed by atoms with Crippen LogP contribution in [0, 0.1) is 0 Å². The molecule has 0 aromatic heterocycles. The summed E-state index contributed by atoms with van der Waals surface area (Å²) in [6.07, 6.45) is 0. The summed E-state index contributed by atoms with van der Waals surface area (Å²) in [7, 11) is -1.16. The number of halogens is 1. The Morgan fingerprint density at radius 3 is 1.65 bits per heavy atom. The Morgan fingerprint density at radius 1 is 1.00 bits per heavy atom. The standard InChI is InChI=1S/C14H32ClGeOPSi2/c1-11-17-12(15)13(16(2,3)4)18-14(19(5,6)7)20(8,9)10/h11H2,1-10H3/b13-12-. The van der Waals surface area contributed by atoms with Gasteiger partial charge in [-0.2, -0.15) is 0 Å². The van der Waals surface area contributed by atoms with Gasteiger partial charge in [0.1, 0.15) is 0 Å². The summed E-state index contributed by atoms with van der Waals surface area (Å²) in [5.74, 6) is 7.24. The van der Waals surface area contributed by atoms with Gasteiger partial charge in [0.15, 0.2) is 0 Å². The summed E-state index contributed by atoms with van der Waals surface area (Å²) in [5, 5.41) is 0.690. The van der Waals surface area contributed by atoms with Crippen LogP contribution in [-0.4, -0.2) is 40.6 Å². The minimum absolute atomic E-state index is 0.658. The van der Waals surface area contributed by atoms with E-state index in [0.717, 1.165) is 0 Å². The van der Waals surface area contributed by atoms with Gasteiger partial charge in [-0.3, -0.25) is 0 Å². The monoisotopic (exact) mass is 412 g/mol. The molecule has 0 aromatic carbocycles. The van der Waals surface area contributed by atoms with Crippen molar-refractivity contribution < 1.29 is 4.74 Å². The Kier molecular flexibility index (Phi) is 7.86. The van der Waals surface area contributed by atoms with Gasteiger partial charge in [-0.15, -0.1) is 0 Å². The van der Waals surface area contributed by atoms with Crippen LogP contribution in [0.3, 0.4) is 0 Å². The Hall–Kier alpha value is 0.977. The van der Waals surface area contributed by atoms with Crippen molar-refractivity contribution in [3.05, 3.63) is 9.37 Å². The summed E-state index contributed by atoms with van der Waals surface area (Å²) in [6, 6.07) is 0. The van der Waals surface area contributed by atoms with Crippen molar-refractivity contribution in [2.75, 3.05) is 6.61 Å². The van der Waals surface area contributed by atoms with Crippen LogP contribution in [0.25, 0.3) is 0 Å². The van der Waals surface area contributed by atoms with Crippen LogP contribution in [0.15, 0.2) is 9.37 Å². The Labute approximate surface area is 137 Å². The molecule has 0 amide bonds. The molecule has 0 aliphatic rings. The van der Waals surface area contributed by atoms with Gasteiger partial charge in [0.25, 0.3) is 0 Å². The van der Waals surface area contributed by atoms with Gasteiger partial charge in [0.05, 0.1) is 0 Å². The summed E-state index contributed by atoms with van der Waals surface area (Å²) in [4.78, 5) is 0. The van der Waals surface area contributed by atoms with Crippen molar-refractivity contribution in [3.8, 4) is 0 Å². The van der Waals surface area contributed by atoms with E-state index in [9.17, 15) is 0 Å². The Balaban J connectivity index is 6.08. The number of hydrogen-bond donors (Lipinski definition) is 0. The molecule has 20 heavy (non-hydrogen) atoms. The van der Waals surface area contributed by atoms with Gasteiger partial charge >= 0.3 is 138 Å². The third-order valence-corrected chi connectivity index (χ3v) is 23.9. The van der Waals surface area contributed by atoms with E-state index in [4.69, 9.17) is 16.3 Å². The van der Waals surface area contributed by atoms with Crippen molar-refractivity contribution in [2.45, 2.75) is 63.5 Å². The fourth-order valence-electron chi connectivity index (χ4n) is 2.27. The molecule has 0 radical (unpaired) electrons. The minimum atomic E-state index is -2.00. The molecule has 0 bridgehead atoms. The molecule has 6 heteroatoms. The molecule has 0 aromatic rings. The summed E-state index contributed by atoms with van der Waals surface area (Å²) >= 11 is 4.49. The van der Waals surface area contributed by atoms with E-state index in [0.29, 0.717) is 11.8 Å². The average Bonchev–Trinajstić information content (AvgIpc) is 2.11. The molecule has 0 rings (SSSR count). The van der Waals surface area contributed by atoms with Crippen molar-refractivity contribution in [3.63, 3.8) is 0 Å². The quantitative estimate of drug-likeness (QED) is 0.288. The second kappa shape index (κ2) is 7.50. The van der Waals surface area contributed by atoms with E-state index in [1.807, 2.05) is 6.92 Å². The third-order valence-electron chi connectivity index (χ3n) is 2.81. The number of ether oxygens (including phenoxy) is 1. The SMILES string of the molecule is CCO/C(Cl)=[C](\P=C([Si](C)(C)C)[Si](C)(C)C)[Ge]([CH3])([CH3])[CH3]. The second-order valence-electron chi connectivity index (χ2n) is 8.27. The molecule has 0 atom stereocenters. The number of hydrogen-bond acceptors (Lipinski definition) is 1. The summed E-state index contributed by atoms with van der Waals surface area (Å²) < 4.78 is 8.89. The summed E-state index contributed by atoms with van der Waals surface area (Å²) in [5.41, 5.74) is 0. The number of rotatable bonds is 6. The summed E-state index contributed by atoms with van der Waals surface area (Å²) in [6.45, 7) is 17.5.